The lowest BCUT2D eigenvalue weighted by Crippen LogP contribution is -2.17. The van der Waals surface area contributed by atoms with Gasteiger partial charge in [-0.15, -0.1) is 0 Å². The molecule has 1 atom stereocenters. The third kappa shape index (κ3) is 3.83. The molecular formula is C11H16OS. The molecule has 0 saturated heterocycles. The van der Waals surface area contributed by atoms with Gasteiger partial charge in [0.1, 0.15) is 4.93 Å². The lowest BCUT2D eigenvalue weighted by molar-refractivity contribution is 0.146. The number of hydrogen-bond donors (Lipinski definition) is 1. The Morgan fingerprint density at radius 3 is 2.46 bits per heavy atom. The summed E-state index contributed by atoms with van der Waals surface area (Å²) in [5.74, 6) is 0. The molecule has 1 N–H and O–H groups in total. The van der Waals surface area contributed by atoms with Crippen LogP contribution >= 0.6 is 11.8 Å². The Kier molecular flexibility index (Phi) is 3.82. The summed E-state index contributed by atoms with van der Waals surface area (Å²) in [6.45, 7) is 3.95. The Labute approximate surface area is 84.2 Å². The molecule has 0 radical (unpaired) electrons. The normalized spacial score (nSPS) is 15.3. The molecule has 0 saturated carbocycles. The molecule has 1 aromatic rings. The van der Waals surface area contributed by atoms with Gasteiger partial charge in [-0.25, -0.2) is 0 Å². The van der Waals surface area contributed by atoms with Crippen molar-refractivity contribution in [1.29, 1.82) is 0 Å². The SMILES string of the molecule is CCCC(C)(O)Sc1ccccc1. The first-order chi connectivity index (χ1) is 6.14. The number of aliphatic hydroxyl groups is 1. The van der Waals surface area contributed by atoms with Crippen LogP contribution in [-0.4, -0.2) is 10.0 Å². The average Bonchev–Trinajstić information content (AvgIpc) is 2.04. The fourth-order valence-corrected chi connectivity index (χ4v) is 2.36. The van der Waals surface area contributed by atoms with Crippen molar-refractivity contribution in [3.05, 3.63) is 30.3 Å². The van der Waals surface area contributed by atoms with E-state index in [1.165, 1.54) is 11.8 Å². The first-order valence-corrected chi connectivity index (χ1v) is 5.42. The third-order valence-electron chi connectivity index (χ3n) is 1.79. The first kappa shape index (κ1) is 10.6. The van der Waals surface area contributed by atoms with Crippen LogP contribution in [-0.2, 0) is 0 Å². The van der Waals surface area contributed by atoms with Crippen molar-refractivity contribution in [2.24, 2.45) is 0 Å². The maximum atomic E-state index is 9.93. The van der Waals surface area contributed by atoms with Gasteiger partial charge in [0.2, 0.25) is 0 Å². The van der Waals surface area contributed by atoms with Crippen molar-refractivity contribution in [2.45, 2.75) is 36.5 Å². The molecule has 1 rings (SSSR count). The first-order valence-electron chi connectivity index (χ1n) is 4.60. The topological polar surface area (TPSA) is 20.2 Å². The highest BCUT2D eigenvalue weighted by Gasteiger charge is 2.19. The highest BCUT2D eigenvalue weighted by atomic mass is 32.2. The van der Waals surface area contributed by atoms with Crippen molar-refractivity contribution in [3.8, 4) is 0 Å². The van der Waals surface area contributed by atoms with Gasteiger partial charge in [-0.2, -0.15) is 0 Å². The maximum Gasteiger partial charge on any atom is 0.112 e. The van der Waals surface area contributed by atoms with E-state index in [0.29, 0.717) is 0 Å². The van der Waals surface area contributed by atoms with Crippen LogP contribution in [0.25, 0.3) is 0 Å². The van der Waals surface area contributed by atoms with E-state index in [-0.39, 0.29) is 0 Å². The largest absolute Gasteiger partial charge is 0.379 e. The summed E-state index contributed by atoms with van der Waals surface area (Å²) in [5.41, 5.74) is 0. The van der Waals surface area contributed by atoms with Crippen molar-refractivity contribution < 1.29 is 5.11 Å². The van der Waals surface area contributed by atoms with Crippen LogP contribution in [0.3, 0.4) is 0 Å². The molecule has 1 unspecified atom stereocenters. The Hall–Kier alpha value is -0.470. The minimum absolute atomic E-state index is 0.629. The van der Waals surface area contributed by atoms with Crippen LogP contribution in [0.4, 0.5) is 0 Å². The second-order valence-electron chi connectivity index (χ2n) is 3.34. The number of rotatable bonds is 4. The smallest absolute Gasteiger partial charge is 0.112 e. The monoisotopic (exact) mass is 196 g/mol. The van der Waals surface area contributed by atoms with E-state index in [1.54, 1.807) is 0 Å². The van der Waals surface area contributed by atoms with Crippen molar-refractivity contribution in [2.75, 3.05) is 0 Å². The van der Waals surface area contributed by atoms with E-state index in [2.05, 4.69) is 6.92 Å². The molecule has 0 aliphatic carbocycles. The van der Waals surface area contributed by atoms with E-state index >= 15 is 0 Å². The lowest BCUT2D eigenvalue weighted by atomic mass is 10.2. The van der Waals surface area contributed by atoms with E-state index in [1.807, 2.05) is 37.3 Å². The van der Waals surface area contributed by atoms with E-state index in [9.17, 15) is 5.11 Å². The van der Waals surface area contributed by atoms with Gasteiger partial charge in [-0.1, -0.05) is 43.3 Å². The molecule has 72 valence electrons. The zero-order valence-corrected chi connectivity index (χ0v) is 8.97. The summed E-state index contributed by atoms with van der Waals surface area (Å²) in [4.78, 5) is 0.497. The summed E-state index contributed by atoms with van der Waals surface area (Å²) in [7, 11) is 0. The van der Waals surface area contributed by atoms with Crippen molar-refractivity contribution in [3.63, 3.8) is 0 Å². The fourth-order valence-electron chi connectivity index (χ4n) is 1.26. The van der Waals surface area contributed by atoms with Gasteiger partial charge in [-0.3, -0.25) is 0 Å². The molecule has 0 fully saturated rings. The molecule has 0 amide bonds. The van der Waals surface area contributed by atoms with E-state index < -0.39 is 4.93 Å². The molecule has 0 spiro atoms. The minimum Gasteiger partial charge on any atom is -0.379 e. The van der Waals surface area contributed by atoms with Crippen molar-refractivity contribution in [1.82, 2.24) is 0 Å². The van der Waals surface area contributed by atoms with Gasteiger partial charge < -0.3 is 5.11 Å². The van der Waals surface area contributed by atoms with Crippen LogP contribution in [0.1, 0.15) is 26.7 Å². The molecule has 0 aliphatic heterocycles. The van der Waals surface area contributed by atoms with Crippen LogP contribution in [0, 0.1) is 0 Å². The predicted octanol–water partition coefficient (Wildman–Crippen LogP) is 3.29. The molecule has 13 heavy (non-hydrogen) atoms. The van der Waals surface area contributed by atoms with Crippen molar-refractivity contribution >= 4 is 11.8 Å². The molecule has 0 aliphatic rings. The van der Waals surface area contributed by atoms with Gasteiger partial charge in [0.15, 0.2) is 0 Å². The Morgan fingerprint density at radius 1 is 1.31 bits per heavy atom. The van der Waals surface area contributed by atoms with Gasteiger partial charge in [-0.05, 0) is 25.5 Å². The minimum atomic E-state index is -0.629. The molecule has 0 bridgehead atoms. The summed E-state index contributed by atoms with van der Waals surface area (Å²) in [5, 5.41) is 9.93. The Balaban J connectivity index is 2.58. The molecular weight excluding hydrogens is 180 g/mol. The molecule has 1 nitrogen and oxygen atoms in total. The standard InChI is InChI=1S/C11H16OS/c1-3-9-11(2,12)13-10-7-5-4-6-8-10/h4-8,12H,3,9H2,1-2H3. The quantitative estimate of drug-likeness (QED) is 0.589. The molecule has 2 heteroatoms. The van der Waals surface area contributed by atoms with Crippen LogP contribution < -0.4 is 0 Å². The third-order valence-corrected chi connectivity index (χ3v) is 2.95. The second-order valence-corrected chi connectivity index (χ2v) is 4.90. The fraction of sp³-hybridized carbons (Fsp3) is 0.455. The molecule has 1 aromatic carbocycles. The number of hydrogen-bond acceptors (Lipinski definition) is 2. The Bertz CT molecular complexity index is 244. The zero-order chi connectivity index (χ0) is 9.73. The van der Waals surface area contributed by atoms with E-state index in [4.69, 9.17) is 0 Å². The molecule has 0 aromatic heterocycles. The van der Waals surface area contributed by atoms with Crippen LogP contribution in [0.2, 0.25) is 0 Å². The average molecular weight is 196 g/mol. The van der Waals surface area contributed by atoms with Gasteiger partial charge in [0.05, 0.1) is 0 Å². The Morgan fingerprint density at radius 2 is 1.92 bits per heavy atom. The predicted molar refractivity (Wildman–Crippen MR) is 57.8 cm³/mol. The summed E-state index contributed by atoms with van der Waals surface area (Å²) < 4.78 is 0. The van der Waals surface area contributed by atoms with Gasteiger partial charge in [0.25, 0.3) is 0 Å². The number of thioether (sulfide) groups is 1. The summed E-state index contributed by atoms with van der Waals surface area (Å²) in [6, 6.07) is 10.0. The van der Waals surface area contributed by atoms with E-state index in [0.717, 1.165) is 17.7 Å². The summed E-state index contributed by atoms with van der Waals surface area (Å²) >= 11 is 1.53. The highest BCUT2D eigenvalue weighted by molar-refractivity contribution is 8.00. The maximum absolute atomic E-state index is 9.93. The zero-order valence-electron chi connectivity index (χ0n) is 8.16. The second kappa shape index (κ2) is 4.68. The van der Waals surface area contributed by atoms with Gasteiger partial charge in [0, 0.05) is 4.90 Å². The summed E-state index contributed by atoms with van der Waals surface area (Å²) in [6.07, 6.45) is 1.83. The highest BCUT2D eigenvalue weighted by Crippen LogP contribution is 2.33. The van der Waals surface area contributed by atoms with Crippen LogP contribution in [0.15, 0.2) is 35.2 Å². The number of benzene rings is 1. The van der Waals surface area contributed by atoms with Crippen LogP contribution in [0.5, 0.6) is 0 Å². The van der Waals surface area contributed by atoms with Gasteiger partial charge >= 0.3 is 0 Å². The molecule has 0 heterocycles. The lowest BCUT2D eigenvalue weighted by Gasteiger charge is -2.21.